The zero-order valence-corrected chi connectivity index (χ0v) is 54.8. The van der Waals surface area contributed by atoms with Crippen molar-refractivity contribution in [3.8, 4) is 0 Å². The minimum atomic E-state index is -0.791. The third-order valence-electron chi connectivity index (χ3n) is 15.9. The van der Waals surface area contributed by atoms with Gasteiger partial charge >= 0.3 is 17.9 Å². The molecule has 0 saturated carbocycles. The van der Waals surface area contributed by atoms with Crippen molar-refractivity contribution in [3.05, 3.63) is 72.9 Å². The molecule has 6 nitrogen and oxygen atoms in total. The van der Waals surface area contributed by atoms with E-state index in [2.05, 4.69) is 93.7 Å². The van der Waals surface area contributed by atoms with Gasteiger partial charge in [0.05, 0.1) is 0 Å². The van der Waals surface area contributed by atoms with E-state index >= 15 is 0 Å². The van der Waals surface area contributed by atoms with Gasteiger partial charge in [-0.15, -0.1) is 0 Å². The molecular formula is C76H136O6. The van der Waals surface area contributed by atoms with Crippen LogP contribution in [-0.4, -0.2) is 37.2 Å². The first-order chi connectivity index (χ1) is 40.5. The van der Waals surface area contributed by atoms with E-state index in [1.807, 2.05) is 0 Å². The highest BCUT2D eigenvalue weighted by Crippen LogP contribution is 2.18. The molecule has 0 heterocycles. The number of carbonyl (C=O) groups is 3. The van der Waals surface area contributed by atoms with Gasteiger partial charge in [0, 0.05) is 19.3 Å². The SMILES string of the molecule is CC/C=C\C/C=C\C/C=C\CCCCCCCC(=O)OCC(COC(=O)CCCCCCCCCCCCCCCCCCCCCCCCCCCCCCCC)OC(=O)CCCCCCCC/C=C\C/C=C\C/C=C\CCCCC. The monoisotopic (exact) mass is 1150 g/mol. The molecule has 0 aromatic heterocycles. The fourth-order valence-corrected chi connectivity index (χ4v) is 10.6. The molecule has 0 aliphatic carbocycles. The molecule has 0 aliphatic heterocycles. The van der Waals surface area contributed by atoms with Gasteiger partial charge in [-0.2, -0.15) is 0 Å². The summed E-state index contributed by atoms with van der Waals surface area (Å²) in [5.74, 6) is -0.894. The van der Waals surface area contributed by atoms with Crippen molar-refractivity contribution >= 4 is 17.9 Å². The molecule has 82 heavy (non-hydrogen) atoms. The van der Waals surface area contributed by atoms with Crippen LogP contribution in [0.4, 0.5) is 0 Å². The Hall–Kier alpha value is -3.15. The normalized spacial score (nSPS) is 12.5. The molecule has 0 radical (unpaired) electrons. The molecule has 0 N–H and O–H groups in total. The molecule has 0 aromatic rings. The van der Waals surface area contributed by atoms with Crippen LogP contribution in [0.5, 0.6) is 0 Å². The fraction of sp³-hybridized carbons (Fsp3) is 0.803. The smallest absolute Gasteiger partial charge is 0.306 e. The molecule has 0 saturated heterocycles. The Morgan fingerprint density at radius 2 is 0.476 bits per heavy atom. The summed E-state index contributed by atoms with van der Waals surface area (Å²) in [4.78, 5) is 38.4. The Morgan fingerprint density at radius 3 is 0.768 bits per heavy atom. The van der Waals surface area contributed by atoms with Crippen molar-refractivity contribution in [2.75, 3.05) is 13.2 Å². The van der Waals surface area contributed by atoms with Gasteiger partial charge in [0.2, 0.25) is 0 Å². The van der Waals surface area contributed by atoms with Crippen LogP contribution in [0, 0.1) is 0 Å². The summed E-state index contributed by atoms with van der Waals surface area (Å²) < 4.78 is 17.0. The highest BCUT2D eigenvalue weighted by atomic mass is 16.6. The minimum absolute atomic E-state index is 0.0836. The number of rotatable bonds is 66. The van der Waals surface area contributed by atoms with E-state index < -0.39 is 6.10 Å². The van der Waals surface area contributed by atoms with E-state index in [1.54, 1.807) is 0 Å². The summed E-state index contributed by atoms with van der Waals surface area (Å²) >= 11 is 0. The number of unbranched alkanes of at least 4 members (excludes halogenated alkanes) is 43. The van der Waals surface area contributed by atoms with Crippen LogP contribution in [0.25, 0.3) is 0 Å². The number of hydrogen-bond acceptors (Lipinski definition) is 6. The average Bonchev–Trinajstić information content (AvgIpc) is 3.47. The van der Waals surface area contributed by atoms with Gasteiger partial charge in [0.25, 0.3) is 0 Å². The molecule has 6 heteroatoms. The van der Waals surface area contributed by atoms with E-state index in [0.717, 1.165) is 122 Å². The summed E-state index contributed by atoms with van der Waals surface area (Å²) in [5, 5.41) is 0. The highest BCUT2D eigenvalue weighted by molar-refractivity contribution is 5.71. The fourth-order valence-electron chi connectivity index (χ4n) is 10.6. The van der Waals surface area contributed by atoms with Gasteiger partial charge in [-0.25, -0.2) is 0 Å². The van der Waals surface area contributed by atoms with Crippen LogP contribution in [0.3, 0.4) is 0 Å². The van der Waals surface area contributed by atoms with Crippen LogP contribution >= 0.6 is 0 Å². The minimum Gasteiger partial charge on any atom is -0.462 e. The largest absolute Gasteiger partial charge is 0.462 e. The van der Waals surface area contributed by atoms with Crippen molar-refractivity contribution in [2.45, 2.75) is 380 Å². The van der Waals surface area contributed by atoms with Crippen molar-refractivity contribution in [2.24, 2.45) is 0 Å². The second kappa shape index (κ2) is 70.3. The van der Waals surface area contributed by atoms with Crippen molar-refractivity contribution in [1.29, 1.82) is 0 Å². The molecule has 0 aromatic carbocycles. The first-order valence-electron chi connectivity index (χ1n) is 35.9. The van der Waals surface area contributed by atoms with Crippen LogP contribution in [0.1, 0.15) is 374 Å². The lowest BCUT2D eigenvalue weighted by atomic mass is 10.0. The molecule has 0 bridgehead atoms. The van der Waals surface area contributed by atoms with Gasteiger partial charge in [0.1, 0.15) is 13.2 Å². The maximum Gasteiger partial charge on any atom is 0.306 e. The molecule has 0 amide bonds. The lowest BCUT2D eigenvalue weighted by molar-refractivity contribution is -0.167. The van der Waals surface area contributed by atoms with Crippen molar-refractivity contribution in [1.82, 2.24) is 0 Å². The molecule has 1 atom stereocenters. The van der Waals surface area contributed by atoms with Gasteiger partial charge in [0.15, 0.2) is 6.10 Å². The maximum atomic E-state index is 12.9. The zero-order valence-electron chi connectivity index (χ0n) is 54.8. The second-order valence-corrected chi connectivity index (χ2v) is 24.1. The molecular weight excluding hydrogens is 1010 g/mol. The predicted molar refractivity (Wildman–Crippen MR) is 358 cm³/mol. The van der Waals surface area contributed by atoms with E-state index in [0.29, 0.717) is 19.3 Å². The Balaban J connectivity index is 4.23. The maximum absolute atomic E-state index is 12.9. The lowest BCUT2D eigenvalue weighted by Gasteiger charge is -2.18. The van der Waals surface area contributed by atoms with E-state index in [4.69, 9.17) is 14.2 Å². The summed E-state index contributed by atoms with van der Waals surface area (Å²) in [7, 11) is 0. The quantitative estimate of drug-likeness (QED) is 0.0261. The van der Waals surface area contributed by atoms with E-state index in [9.17, 15) is 14.4 Å². The van der Waals surface area contributed by atoms with Crippen LogP contribution in [0.2, 0.25) is 0 Å². The zero-order chi connectivity index (χ0) is 59.2. The standard InChI is InChI=1S/C76H136O6/c1-4-7-10-13-16-19-22-25-28-30-32-33-34-35-36-37-38-39-40-41-42-44-45-48-51-54-57-60-63-66-69-75(78)81-72-73(71-80-74(77)68-65-62-59-56-53-50-47-27-24-21-18-15-12-9-6-3)82-76(79)70-67-64-61-58-55-52-49-46-43-31-29-26-23-20-17-14-11-8-5-2/h9,12,17-18,20-21,26-27,29,43,46-47,73H,4-8,10-11,13-16,19,22-25,28,30-42,44-45,48-72H2,1-3H3/b12-9-,20-17-,21-18-,29-26-,46-43-,47-27-. The Kier molecular flexibility index (Phi) is 67.6. The topological polar surface area (TPSA) is 78.9 Å². The third-order valence-corrected chi connectivity index (χ3v) is 15.9. The van der Waals surface area contributed by atoms with Gasteiger partial charge in [-0.1, -0.05) is 338 Å². The Labute approximate surface area is 510 Å². The van der Waals surface area contributed by atoms with Crippen molar-refractivity contribution in [3.63, 3.8) is 0 Å². The van der Waals surface area contributed by atoms with Gasteiger partial charge in [-0.3, -0.25) is 14.4 Å². The molecule has 1 unspecified atom stereocenters. The van der Waals surface area contributed by atoms with Gasteiger partial charge in [-0.05, 0) is 89.9 Å². The van der Waals surface area contributed by atoms with Gasteiger partial charge < -0.3 is 14.2 Å². The number of hydrogen-bond donors (Lipinski definition) is 0. The molecule has 0 fully saturated rings. The lowest BCUT2D eigenvalue weighted by Crippen LogP contribution is -2.30. The van der Waals surface area contributed by atoms with Crippen LogP contribution in [-0.2, 0) is 28.6 Å². The molecule has 0 rings (SSSR count). The average molecular weight is 1150 g/mol. The highest BCUT2D eigenvalue weighted by Gasteiger charge is 2.19. The molecule has 0 spiro atoms. The Bertz CT molecular complexity index is 1500. The van der Waals surface area contributed by atoms with Crippen LogP contribution < -0.4 is 0 Å². The van der Waals surface area contributed by atoms with Crippen LogP contribution in [0.15, 0.2) is 72.9 Å². The first kappa shape index (κ1) is 78.8. The van der Waals surface area contributed by atoms with E-state index in [-0.39, 0.29) is 31.1 Å². The number of carbonyl (C=O) groups excluding carboxylic acids is 3. The number of allylic oxidation sites excluding steroid dienone is 12. The summed E-state index contributed by atoms with van der Waals surface area (Å²) in [6.45, 7) is 6.53. The molecule has 0 aliphatic rings. The first-order valence-corrected chi connectivity index (χ1v) is 35.9. The second-order valence-electron chi connectivity index (χ2n) is 24.1. The summed E-state index contributed by atoms with van der Waals surface area (Å²) in [6.07, 6.45) is 92.3. The molecule has 476 valence electrons. The number of esters is 3. The summed E-state index contributed by atoms with van der Waals surface area (Å²) in [5.41, 5.74) is 0. The van der Waals surface area contributed by atoms with Crippen molar-refractivity contribution < 1.29 is 28.6 Å². The van der Waals surface area contributed by atoms with E-state index in [1.165, 1.54) is 212 Å². The Morgan fingerprint density at radius 1 is 0.256 bits per heavy atom. The number of ether oxygens (including phenoxy) is 3. The predicted octanol–water partition coefficient (Wildman–Crippen LogP) is 24.8. The third kappa shape index (κ3) is 67.6. The summed E-state index contributed by atoms with van der Waals surface area (Å²) in [6, 6.07) is 0.